The standard InChI is InChI=1S/C30H35Cl2N3O4S/c1-4-5-17-33-30(37)28(18-23-9-7-6-8-10-23)34(20-24-13-11-22(2)12-14-24)29(36)21-35(40(3,38)39)25-15-16-26(31)27(32)19-25/h6-16,19,28H,4-5,17-18,20-21H2,1-3H3,(H,33,37)/t28-/m1/s1. The fraction of sp³-hybridized carbons (Fsp3) is 0.333. The van der Waals surface area contributed by atoms with E-state index in [1.54, 1.807) is 0 Å². The molecule has 0 aliphatic rings. The van der Waals surface area contributed by atoms with Gasteiger partial charge in [-0.1, -0.05) is 96.7 Å². The predicted molar refractivity (Wildman–Crippen MR) is 162 cm³/mol. The number of hydrogen-bond donors (Lipinski definition) is 1. The first-order chi connectivity index (χ1) is 19.0. The summed E-state index contributed by atoms with van der Waals surface area (Å²) in [5.41, 5.74) is 2.96. The lowest BCUT2D eigenvalue weighted by Crippen LogP contribution is -2.53. The number of halogens is 2. The molecular weight excluding hydrogens is 569 g/mol. The van der Waals surface area contributed by atoms with E-state index < -0.39 is 28.5 Å². The number of hydrogen-bond acceptors (Lipinski definition) is 4. The van der Waals surface area contributed by atoms with E-state index in [1.807, 2.05) is 68.4 Å². The minimum absolute atomic E-state index is 0.122. The zero-order valence-corrected chi connectivity index (χ0v) is 25.3. The summed E-state index contributed by atoms with van der Waals surface area (Å²) in [4.78, 5) is 29.1. The predicted octanol–water partition coefficient (Wildman–Crippen LogP) is 5.62. The second-order valence-electron chi connectivity index (χ2n) is 9.73. The summed E-state index contributed by atoms with van der Waals surface area (Å²) in [6.45, 7) is 4.08. The molecule has 3 aromatic rings. The maximum atomic E-state index is 14.0. The second-order valence-corrected chi connectivity index (χ2v) is 12.4. The van der Waals surface area contributed by atoms with Crippen molar-refractivity contribution in [2.45, 2.75) is 45.7 Å². The highest BCUT2D eigenvalue weighted by Crippen LogP contribution is 2.29. The number of unbranched alkanes of at least 4 members (excludes halogenated alkanes) is 1. The lowest BCUT2D eigenvalue weighted by atomic mass is 10.0. The Labute approximate surface area is 247 Å². The molecule has 0 saturated heterocycles. The summed E-state index contributed by atoms with van der Waals surface area (Å²) in [5.74, 6) is -0.818. The third kappa shape index (κ3) is 8.98. The van der Waals surface area contributed by atoms with Crippen molar-refractivity contribution in [1.82, 2.24) is 10.2 Å². The molecule has 10 heteroatoms. The highest BCUT2D eigenvalue weighted by atomic mass is 35.5. The Hall–Kier alpha value is -3.07. The first kappa shape index (κ1) is 31.5. The Morgan fingerprint density at radius 3 is 2.20 bits per heavy atom. The molecule has 0 aromatic heterocycles. The molecule has 40 heavy (non-hydrogen) atoms. The maximum Gasteiger partial charge on any atom is 0.244 e. The monoisotopic (exact) mass is 603 g/mol. The molecule has 0 unspecified atom stereocenters. The van der Waals surface area contributed by atoms with Crippen LogP contribution in [0.25, 0.3) is 0 Å². The van der Waals surface area contributed by atoms with Gasteiger partial charge >= 0.3 is 0 Å². The van der Waals surface area contributed by atoms with E-state index in [0.717, 1.165) is 40.1 Å². The lowest BCUT2D eigenvalue weighted by molar-refractivity contribution is -0.140. The quantitative estimate of drug-likeness (QED) is 0.257. The number of carbonyl (C=O) groups is 2. The van der Waals surface area contributed by atoms with Gasteiger partial charge in [0.2, 0.25) is 21.8 Å². The zero-order chi connectivity index (χ0) is 29.3. The van der Waals surface area contributed by atoms with Crippen molar-refractivity contribution >= 4 is 50.7 Å². The maximum absolute atomic E-state index is 14.0. The van der Waals surface area contributed by atoms with Crippen molar-refractivity contribution in [3.05, 3.63) is 99.5 Å². The number of rotatable bonds is 13. The van der Waals surface area contributed by atoms with Crippen molar-refractivity contribution in [3.8, 4) is 0 Å². The van der Waals surface area contributed by atoms with Gasteiger partial charge in [0.1, 0.15) is 12.6 Å². The van der Waals surface area contributed by atoms with Gasteiger partial charge in [0.25, 0.3) is 0 Å². The van der Waals surface area contributed by atoms with Crippen LogP contribution in [0.15, 0.2) is 72.8 Å². The molecule has 0 saturated carbocycles. The van der Waals surface area contributed by atoms with Gasteiger partial charge in [0, 0.05) is 19.5 Å². The molecule has 1 N–H and O–H groups in total. The Bertz CT molecular complexity index is 1400. The molecule has 214 valence electrons. The number of aryl methyl sites for hydroxylation is 1. The number of benzene rings is 3. The third-order valence-electron chi connectivity index (χ3n) is 6.44. The molecule has 0 bridgehead atoms. The van der Waals surface area contributed by atoms with Crippen molar-refractivity contribution < 1.29 is 18.0 Å². The number of anilines is 1. The van der Waals surface area contributed by atoms with E-state index in [-0.39, 0.29) is 34.6 Å². The van der Waals surface area contributed by atoms with Crippen molar-refractivity contribution in [2.75, 3.05) is 23.7 Å². The van der Waals surface area contributed by atoms with E-state index in [2.05, 4.69) is 5.32 Å². The first-order valence-electron chi connectivity index (χ1n) is 13.1. The van der Waals surface area contributed by atoms with Gasteiger partial charge in [0.15, 0.2) is 0 Å². The lowest BCUT2D eigenvalue weighted by Gasteiger charge is -2.33. The van der Waals surface area contributed by atoms with Crippen LogP contribution >= 0.6 is 23.2 Å². The largest absolute Gasteiger partial charge is 0.354 e. The van der Waals surface area contributed by atoms with Gasteiger partial charge in [-0.05, 0) is 42.7 Å². The summed E-state index contributed by atoms with van der Waals surface area (Å²) in [6, 6.07) is 20.6. The van der Waals surface area contributed by atoms with E-state index in [0.29, 0.717) is 6.54 Å². The average Bonchev–Trinajstić information content (AvgIpc) is 2.92. The molecule has 1 atom stereocenters. The van der Waals surface area contributed by atoms with E-state index in [4.69, 9.17) is 23.2 Å². The summed E-state index contributed by atoms with van der Waals surface area (Å²) in [6.07, 6.45) is 2.99. The van der Waals surface area contributed by atoms with Gasteiger partial charge in [-0.25, -0.2) is 8.42 Å². The number of sulfonamides is 1. The molecule has 2 amide bonds. The average molecular weight is 605 g/mol. The normalized spacial score (nSPS) is 12.0. The van der Waals surface area contributed by atoms with Crippen LogP contribution in [0.2, 0.25) is 10.0 Å². The molecule has 0 aliphatic carbocycles. The zero-order valence-electron chi connectivity index (χ0n) is 22.9. The van der Waals surface area contributed by atoms with Crippen LogP contribution in [0.1, 0.15) is 36.5 Å². The highest BCUT2D eigenvalue weighted by Gasteiger charge is 2.33. The SMILES string of the molecule is CCCCNC(=O)[C@@H](Cc1ccccc1)N(Cc1ccc(C)cc1)C(=O)CN(c1ccc(Cl)c(Cl)c1)S(C)(=O)=O. The molecular formula is C30H35Cl2N3O4S. The van der Waals surface area contributed by atoms with Crippen LogP contribution in [-0.2, 0) is 32.6 Å². The van der Waals surface area contributed by atoms with Crippen LogP contribution < -0.4 is 9.62 Å². The number of nitrogens with zero attached hydrogens (tertiary/aromatic N) is 2. The Morgan fingerprint density at radius 2 is 1.60 bits per heavy atom. The van der Waals surface area contributed by atoms with E-state index >= 15 is 0 Å². The molecule has 0 radical (unpaired) electrons. The summed E-state index contributed by atoms with van der Waals surface area (Å²) < 4.78 is 26.7. The number of amides is 2. The molecule has 0 fully saturated rings. The Balaban J connectivity index is 2.03. The molecule has 0 heterocycles. The number of carbonyl (C=O) groups excluding carboxylic acids is 2. The van der Waals surface area contributed by atoms with Gasteiger partial charge in [-0.2, -0.15) is 0 Å². The van der Waals surface area contributed by atoms with E-state index in [1.165, 1.54) is 23.1 Å². The minimum atomic E-state index is -3.89. The third-order valence-corrected chi connectivity index (χ3v) is 8.32. The van der Waals surface area contributed by atoms with Gasteiger partial charge in [0.05, 0.1) is 22.0 Å². The van der Waals surface area contributed by atoms with Crippen molar-refractivity contribution in [1.29, 1.82) is 0 Å². The number of nitrogens with one attached hydrogen (secondary N) is 1. The Kier molecular flexibility index (Phi) is 11.4. The summed E-state index contributed by atoms with van der Waals surface area (Å²) in [5, 5.41) is 3.39. The smallest absolute Gasteiger partial charge is 0.244 e. The molecule has 7 nitrogen and oxygen atoms in total. The summed E-state index contributed by atoms with van der Waals surface area (Å²) >= 11 is 12.2. The molecule has 3 aromatic carbocycles. The molecule has 3 rings (SSSR count). The van der Waals surface area contributed by atoms with Crippen LogP contribution in [0, 0.1) is 6.92 Å². The van der Waals surface area contributed by atoms with Crippen LogP contribution in [0.5, 0.6) is 0 Å². The van der Waals surface area contributed by atoms with Crippen molar-refractivity contribution in [3.63, 3.8) is 0 Å². The highest BCUT2D eigenvalue weighted by molar-refractivity contribution is 7.92. The van der Waals surface area contributed by atoms with Gasteiger partial charge in [-0.15, -0.1) is 0 Å². The Morgan fingerprint density at radius 1 is 0.925 bits per heavy atom. The molecule has 0 aliphatic heterocycles. The second kappa shape index (κ2) is 14.5. The minimum Gasteiger partial charge on any atom is -0.354 e. The molecule has 0 spiro atoms. The van der Waals surface area contributed by atoms with Gasteiger partial charge in [-0.3, -0.25) is 13.9 Å². The fourth-order valence-corrected chi connectivity index (χ4v) is 5.34. The van der Waals surface area contributed by atoms with Crippen LogP contribution in [0.4, 0.5) is 5.69 Å². The first-order valence-corrected chi connectivity index (χ1v) is 15.7. The summed E-state index contributed by atoms with van der Waals surface area (Å²) in [7, 11) is -3.89. The van der Waals surface area contributed by atoms with Crippen LogP contribution in [-0.4, -0.2) is 50.5 Å². The van der Waals surface area contributed by atoms with Gasteiger partial charge < -0.3 is 10.2 Å². The van der Waals surface area contributed by atoms with Crippen molar-refractivity contribution in [2.24, 2.45) is 0 Å². The fourth-order valence-electron chi connectivity index (χ4n) is 4.20. The topological polar surface area (TPSA) is 86.8 Å². The van der Waals surface area contributed by atoms with E-state index in [9.17, 15) is 18.0 Å². The van der Waals surface area contributed by atoms with Crippen LogP contribution in [0.3, 0.4) is 0 Å².